The Balaban J connectivity index is 1.59. The molecule has 0 atom stereocenters. The van der Waals surface area contributed by atoms with Gasteiger partial charge in [0, 0.05) is 12.1 Å². The molecule has 0 saturated heterocycles. The average molecular weight is 411 g/mol. The van der Waals surface area contributed by atoms with Crippen LogP contribution in [-0.4, -0.2) is 26.7 Å². The number of hydrogen-bond acceptors (Lipinski definition) is 5. The van der Waals surface area contributed by atoms with E-state index >= 15 is 0 Å². The zero-order chi connectivity index (χ0) is 20.6. The second-order valence-corrected chi connectivity index (χ2v) is 7.00. The van der Waals surface area contributed by atoms with Crippen LogP contribution in [0.15, 0.2) is 70.6 Å². The molecule has 6 nitrogen and oxygen atoms in total. The molecule has 2 aromatic carbocycles. The summed E-state index contributed by atoms with van der Waals surface area (Å²) < 4.78 is 13.1. The number of benzene rings is 2. The van der Waals surface area contributed by atoms with E-state index in [9.17, 15) is 19.1 Å². The summed E-state index contributed by atoms with van der Waals surface area (Å²) in [5.74, 6) is -1.29. The number of aromatic amines is 1. The minimum atomic E-state index is -0.469. The van der Waals surface area contributed by atoms with Crippen LogP contribution in [0.25, 0.3) is 6.08 Å². The second kappa shape index (κ2) is 9.70. The van der Waals surface area contributed by atoms with Crippen LogP contribution in [0.5, 0.6) is 5.88 Å². The number of halogens is 1. The summed E-state index contributed by atoms with van der Waals surface area (Å²) in [7, 11) is 0. The molecule has 0 saturated carbocycles. The highest BCUT2D eigenvalue weighted by Crippen LogP contribution is 2.18. The number of allylic oxidation sites excluding steroid dienone is 1. The van der Waals surface area contributed by atoms with E-state index < -0.39 is 17.3 Å². The lowest BCUT2D eigenvalue weighted by Gasteiger charge is -2.06. The lowest BCUT2D eigenvalue weighted by Crippen LogP contribution is -2.17. The maximum absolute atomic E-state index is 13.1. The monoisotopic (exact) mass is 411 g/mol. The van der Waals surface area contributed by atoms with Crippen molar-refractivity contribution in [1.82, 2.24) is 9.97 Å². The third-order valence-corrected chi connectivity index (χ3v) is 4.73. The molecule has 8 heteroatoms. The lowest BCUT2D eigenvalue weighted by molar-refractivity contribution is -0.113. The van der Waals surface area contributed by atoms with Crippen LogP contribution in [-0.2, 0) is 11.2 Å². The molecule has 1 amide bonds. The number of H-pyrrole nitrogens is 1. The molecule has 0 aliphatic heterocycles. The van der Waals surface area contributed by atoms with Gasteiger partial charge in [-0.25, -0.2) is 4.39 Å². The maximum atomic E-state index is 13.1. The molecule has 3 N–H and O–H groups in total. The number of nitrogens with one attached hydrogen (secondary N) is 2. The number of carbonyl (C=O) groups excluding carboxylic acids is 1. The van der Waals surface area contributed by atoms with Gasteiger partial charge in [-0.2, -0.15) is 4.98 Å². The average Bonchev–Trinajstić information content (AvgIpc) is 2.69. The van der Waals surface area contributed by atoms with Gasteiger partial charge in [0.25, 0.3) is 5.56 Å². The highest BCUT2D eigenvalue weighted by molar-refractivity contribution is 7.99. The number of carbonyl (C=O) groups is 1. The molecule has 0 aliphatic carbocycles. The van der Waals surface area contributed by atoms with Gasteiger partial charge in [0.2, 0.25) is 11.8 Å². The van der Waals surface area contributed by atoms with Gasteiger partial charge < -0.3 is 15.4 Å². The van der Waals surface area contributed by atoms with Gasteiger partial charge in [-0.05, 0) is 23.8 Å². The molecule has 29 heavy (non-hydrogen) atoms. The van der Waals surface area contributed by atoms with Crippen molar-refractivity contribution in [3.63, 3.8) is 0 Å². The van der Waals surface area contributed by atoms with Crippen LogP contribution < -0.4 is 10.9 Å². The number of amides is 1. The Morgan fingerprint density at radius 2 is 2.00 bits per heavy atom. The number of anilines is 1. The number of nitrogens with zero attached hydrogens (tertiary/aromatic N) is 1. The first-order chi connectivity index (χ1) is 14.0. The van der Waals surface area contributed by atoms with Crippen molar-refractivity contribution in [3.8, 4) is 5.88 Å². The van der Waals surface area contributed by atoms with E-state index in [1.54, 1.807) is 12.1 Å². The molecule has 0 bridgehead atoms. The minimum Gasteiger partial charge on any atom is -0.493 e. The first-order valence-corrected chi connectivity index (χ1v) is 9.72. The highest BCUT2D eigenvalue weighted by Gasteiger charge is 2.11. The van der Waals surface area contributed by atoms with Crippen LogP contribution in [0, 0.1) is 5.82 Å². The van der Waals surface area contributed by atoms with Gasteiger partial charge in [-0.3, -0.25) is 9.59 Å². The third kappa shape index (κ3) is 6.05. The van der Waals surface area contributed by atoms with Gasteiger partial charge >= 0.3 is 0 Å². The third-order valence-electron chi connectivity index (χ3n) is 3.85. The molecule has 0 radical (unpaired) electrons. The minimum absolute atomic E-state index is 0.0633. The fourth-order valence-corrected chi connectivity index (χ4v) is 3.15. The molecule has 1 aromatic heterocycles. The first-order valence-electron chi connectivity index (χ1n) is 8.73. The van der Waals surface area contributed by atoms with Crippen molar-refractivity contribution >= 4 is 29.4 Å². The van der Waals surface area contributed by atoms with Crippen LogP contribution in [0.3, 0.4) is 0 Å². The molecule has 3 rings (SSSR count). The summed E-state index contributed by atoms with van der Waals surface area (Å²) in [5.41, 5.74) is 0.988. The Morgan fingerprint density at radius 3 is 2.72 bits per heavy atom. The van der Waals surface area contributed by atoms with Crippen molar-refractivity contribution in [2.75, 3.05) is 11.1 Å². The predicted molar refractivity (Wildman–Crippen MR) is 111 cm³/mol. The Morgan fingerprint density at radius 1 is 1.21 bits per heavy atom. The van der Waals surface area contributed by atoms with Gasteiger partial charge in [0.15, 0.2) is 5.16 Å². The molecule has 1 heterocycles. The largest absolute Gasteiger partial charge is 0.493 e. The van der Waals surface area contributed by atoms with E-state index in [1.807, 2.05) is 36.4 Å². The molecule has 0 aliphatic rings. The Labute approximate surface area is 170 Å². The predicted octanol–water partition coefficient (Wildman–Crippen LogP) is 3.60. The molecular formula is C21H18FN3O3S. The number of aromatic hydroxyl groups is 1. The first kappa shape index (κ1) is 20.3. The van der Waals surface area contributed by atoms with Gasteiger partial charge in [-0.1, -0.05) is 60.3 Å². The van der Waals surface area contributed by atoms with Gasteiger partial charge in [0.05, 0.1) is 11.3 Å². The zero-order valence-corrected chi connectivity index (χ0v) is 16.1. The van der Waals surface area contributed by atoms with Crippen molar-refractivity contribution in [2.24, 2.45) is 0 Å². The number of thioether (sulfide) groups is 1. The second-order valence-electron chi connectivity index (χ2n) is 6.04. The fraction of sp³-hybridized carbons (Fsp3) is 0.0952. The lowest BCUT2D eigenvalue weighted by atomic mass is 10.1. The number of aromatic nitrogens is 2. The number of rotatable bonds is 7. The molecule has 3 aromatic rings. The van der Waals surface area contributed by atoms with Crippen molar-refractivity contribution in [2.45, 2.75) is 11.6 Å². The smallest absolute Gasteiger partial charge is 0.258 e. The van der Waals surface area contributed by atoms with Crippen LogP contribution in [0.2, 0.25) is 0 Å². The summed E-state index contributed by atoms with van der Waals surface area (Å²) in [5, 5.41) is 12.7. The number of hydrogen-bond donors (Lipinski definition) is 3. The summed E-state index contributed by atoms with van der Waals surface area (Å²) >= 11 is 0.959. The van der Waals surface area contributed by atoms with Gasteiger partial charge in [-0.15, -0.1) is 0 Å². The van der Waals surface area contributed by atoms with Crippen LogP contribution >= 0.6 is 11.8 Å². The molecule has 0 unspecified atom stereocenters. The topological polar surface area (TPSA) is 95.1 Å². The van der Waals surface area contributed by atoms with E-state index in [4.69, 9.17) is 0 Å². The summed E-state index contributed by atoms with van der Waals surface area (Å²) in [4.78, 5) is 30.7. The molecule has 0 spiro atoms. The quantitative estimate of drug-likeness (QED) is 0.408. The highest BCUT2D eigenvalue weighted by atomic mass is 32.2. The van der Waals surface area contributed by atoms with E-state index in [1.165, 1.54) is 18.2 Å². The fourth-order valence-electron chi connectivity index (χ4n) is 2.49. The zero-order valence-electron chi connectivity index (χ0n) is 15.3. The van der Waals surface area contributed by atoms with Crippen LogP contribution in [0.1, 0.15) is 11.1 Å². The maximum Gasteiger partial charge on any atom is 0.258 e. The summed E-state index contributed by atoms with van der Waals surface area (Å²) in [6, 6.07) is 15.1. The summed E-state index contributed by atoms with van der Waals surface area (Å²) in [6.07, 6.45) is 3.83. The summed E-state index contributed by atoms with van der Waals surface area (Å²) in [6.45, 7) is 0. The van der Waals surface area contributed by atoms with E-state index in [0.717, 1.165) is 17.3 Å². The normalized spacial score (nSPS) is 10.9. The van der Waals surface area contributed by atoms with Crippen molar-refractivity contribution in [1.29, 1.82) is 0 Å². The molecular weight excluding hydrogens is 393 g/mol. The SMILES string of the molecule is O=C(CSc1nc(O)c(C/C=C/c2ccccc2)c(=O)[nH]1)Nc1cccc(F)c1. The molecule has 148 valence electrons. The Hall–Kier alpha value is -3.39. The van der Waals surface area contributed by atoms with Gasteiger partial charge in [0.1, 0.15) is 5.82 Å². The van der Waals surface area contributed by atoms with E-state index in [-0.39, 0.29) is 28.8 Å². The standard InChI is InChI=1S/C21H18FN3O3S/c22-15-9-5-10-16(12-15)23-18(26)13-29-21-24-19(27)17(20(28)25-21)11-4-8-14-6-2-1-3-7-14/h1-10,12H,11,13H2,(H,23,26)(H2,24,25,27,28)/b8-4+. The molecule has 0 fully saturated rings. The Bertz CT molecular complexity index is 1080. The Kier molecular flexibility index (Phi) is 6.80. The van der Waals surface area contributed by atoms with E-state index in [0.29, 0.717) is 5.69 Å². The van der Waals surface area contributed by atoms with Crippen molar-refractivity contribution < 1.29 is 14.3 Å². The van der Waals surface area contributed by atoms with Crippen LogP contribution in [0.4, 0.5) is 10.1 Å². The van der Waals surface area contributed by atoms with E-state index in [2.05, 4.69) is 15.3 Å². The van der Waals surface area contributed by atoms with Crippen molar-refractivity contribution in [3.05, 3.63) is 88.0 Å².